The van der Waals surface area contributed by atoms with Crippen molar-refractivity contribution in [3.05, 3.63) is 64.1 Å². The van der Waals surface area contributed by atoms with Gasteiger partial charge in [0.15, 0.2) is 0 Å². The molecule has 4 rings (SSSR count). The zero-order valence-electron chi connectivity index (χ0n) is 14.9. The number of amides is 2. The number of hydrogen-bond donors (Lipinski definition) is 3. The first-order valence-electron chi connectivity index (χ1n) is 8.84. The van der Waals surface area contributed by atoms with Gasteiger partial charge in [-0.05, 0) is 30.7 Å². The fourth-order valence-electron chi connectivity index (χ4n) is 3.37. The van der Waals surface area contributed by atoms with E-state index < -0.39 is 0 Å². The van der Waals surface area contributed by atoms with Crippen LogP contribution in [0.1, 0.15) is 17.5 Å². The monoisotopic (exact) mass is 364 g/mol. The molecule has 0 bridgehead atoms. The molecule has 1 saturated heterocycles. The van der Waals surface area contributed by atoms with Gasteiger partial charge in [-0.2, -0.15) is 0 Å². The van der Waals surface area contributed by atoms with Gasteiger partial charge in [0.25, 0.3) is 0 Å². The number of rotatable bonds is 4. The predicted octanol–water partition coefficient (Wildman–Crippen LogP) is 2.15. The zero-order chi connectivity index (χ0) is 19.0. The van der Waals surface area contributed by atoms with E-state index in [4.69, 9.17) is 0 Å². The molecule has 0 spiro atoms. The lowest BCUT2D eigenvalue weighted by atomic mass is 10.1. The Balaban J connectivity index is 1.42. The molecule has 1 fully saturated rings. The normalized spacial score (nSPS) is 16.9. The minimum atomic E-state index is -0.385. The summed E-state index contributed by atoms with van der Waals surface area (Å²) in [5.74, 6) is -0.586. The fourth-order valence-corrected chi connectivity index (χ4v) is 3.37. The molecular formula is C20H20N4O3. The summed E-state index contributed by atoms with van der Waals surface area (Å²) in [5.41, 5.74) is 3.83. The lowest BCUT2D eigenvalue weighted by Gasteiger charge is -2.17. The van der Waals surface area contributed by atoms with E-state index >= 15 is 0 Å². The Morgan fingerprint density at radius 2 is 1.85 bits per heavy atom. The van der Waals surface area contributed by atoms with Crippen molar-refractivity contribution < 1.29 is 9.59 Å². The number of carbonyl (C=O) groups excluding carboxylic acids is 2. The first-order valence-corrected chi connectivity index (χ1v) is 8.84. The summed E-state index contributed by atoms with van der Waals surface area (Å²) in [6.07, 6.45) is 0.209. The standard InChI is InChI=1S/C20H20N4O3/c1-12-2-4-13(5-3-12)10-24-11-14(8-18(24)25)19(26)21-15-6-7-16-17(9-15)23-20(27)22-16/h2-7,9,14H,8,10-11H2,1H3,(H,21,26)(H2,22,23,27). The summed E-state index contributed by atoms with van der Waals surface area (Å²) in [6, 6.07) is 13.2. The zero-order valence-corrected chi connectivity index (χ0v) is 14.9. The van der Waals surface area contributed by atoms with Crippen LogP contribution in [-0.2, 0) is 16.1 Å². The number of benzene rings is 2. The SMILES string of the molecule is Cc1ccc(CN2CC(C(=O)Nc3ccc4[nH]c(=O)[nH]c4c3)CC2=O)cc1. The first-order chi connectivity index (χ1) is 13.0. The Morgan fingerprint density at radius 3 is 2.63 bits per heavy atom. The highest BCUT2D eigenvalue weighted by molar-refractivity contribution is 5.98. The number of aromatic amines is 2. The van der Waals surface area contributed by atoms with Gasteiger partial charge >= 0.3 is 5.69 Å². The third-order valence-corrected chi connectivity index (χ3v) is 4.86. The molecule has 2 heterocycles. The lowest BCUT2D eigenvalue weighted by molar-refractivity contribution is -0.128. The Hall–Kier alpha value is -3.35. The summed E-state index contributed by atoms with van der Waals surface area (Å²) in [4.78, 5) is 43.2. The fraction of sp³-hybridized carbons (Fsp3) is 0.250. The van der Waals surface area contributed by atoms with E-state index in [0.717, 1.165) is 5.56 Å². The second-order valence-electron chi connectivity index (χ2n) is 6.99. The number of H-pyrrole nitrogens is 2. The molecule has 7 heteroatoms. The molecule has 2 amide bonds. The van der Waals surface area contributed by atoms with Crippen molar-refractivity contribution in [1.29, 1.82) is 0 Å². The number of anilines is 1. The summed E-state index contributed by atoms with van der Waals surface area (Å²) in [6.45, 7) is 2.94. The minimum absolute atomic E-state index is 0.0128. The van der Waals surface area contributed by atoms with Crippen LogP contribution in [0.25, 0.3) is 11.0 Å². The van der Waals surface area contributed by atoms with Crippen LogP contribution in [0, 0.1) is 12.8 Å². The van der Waals surface area contributed by atoms with Crippen molar-refractivity contribution in [2.75, 3.05) is 11.9 Å². The minimum Gasteiger partial charge on any atom is -0.338 e. The van der Waals surface area contributed by atoms with Crippen LogP contribution in [0.15, 0.2) is 47.3 Å². The van der Waals surface area contributed by atoms with E-state index in [1.54, 1.807) is 23.1 Å². The summed E-state index contributed by atoms with van der Waals surface area (Å²) in [7, 11) is 0. The maximum atomic E-state index is 12.6. The number of fused-ring (bicyclic) bond motifs is 1. The number of aryl methyl sites for hydroxylation is 1. The van der Waals surface area contributed by atoms with Crippen LogP contribution in [0.4, 0.5) is 5.69 Å². The number of likely N-dealkylation sites (tertiary alicyclic amines) is 1. The molecule has 7 nitrogen and oxygen atoms in total. The van der Waals surface area contributed by atoms with Gasteiger partial charge < -0.3 is 20.2 Å². The van der Waals surface area contributed by atoms with E-state index in [0.29, 0.717) is 29.8 Å². The van der Waals surface area contributed by atoms with Gasteiger partial charge in [0.05, 0.1) is 17.0 Å². The van der Waals surface area contributed by atoms with Crippen LogP contribution in [0.2, 0.25) is 0 Å². The first kappa shape index (κ1) is 17.1. The van der Waals surface area contributed by atoms with Crippen LogP contribution in [0.3, 0.4) is 0 Å². The van der Waals surface area contributed by atoms with Crippen molar-refractivity contribution >= 4 is 28.5 Å². The highest BCUT2D eigenvalue weighted by atomic mass is 16.2. The number of carbonyl (C=O) groups is 2. The van der Waals surface area contributed by atoms with Crippen molar-refractivity contribution in [1.82, 2.24) is 14.9 Å². The average Bonchev–Trinajstić information content (AvgIpc) is 3.18. The highest BCUT2D eigenvalue weighted by Gasteiger charge is 2.34. The molecule has 0 radical (unpaired) electrons. The van der Waals surface area contributed by atoms with Gasteiger partial charge in [-0.25, -0.2) is 4.79 Å². The number of nitrogens with one attached hydrogen (secondary N) is 3. The third-order valence-electron chi connectivity index (χ3n) is 4.86. The Bertz CT molecular complexity index is 1060. The van der Waals surface area contributed by atoms with Crippen LogP contribution < -0.4 is 11.0 Å². The molecule has 3 aromatic rings. The molecule has 1 aliphatic heterocycles. The number of imidazole rings is 1. The van der Waals surface area contributed by atoms with E-state index in [-0.39, 0.29) is 29.8 Å². The quantitative estimate of drug-likeness (QED) is 0.662. The molecule has 0 aliphatic carbocycles. The van der Waals surface area contributed by atoms with E-state index in [9.17, 15) is 14.4 Å². The van der Waals surface area contributed by atoms with Gasteiger partial charge in [-0.15, -0.1) is 0 Å². The summed E-state index contributed by atoms with van der Waals surface area (Å²) in [5, 5.41) is 2.84. The van der Waals surface area contributed by atoms with Crippen LogP contribution in [-0.4, -0.2) is 33.2 Å². The van der Waals surface area contributed by atoms with Gasteiger partial charge in [-0.1, -0.05) is 29.8 Å². The molecule has 0 saturated carbocycles. The Labute approximate surface area is 155 Å². The number of hydrogen-bond acceptors (Lipinski definition) is 3. The van der Waals surface area contributed by atoms with Gasteiger partial charge in [0.1, 0.15) is 0 Å². The summed E-state index contributed by atoms with van der Waals surface area (Å²) < 4.78 is 0. The summed E-state index contributed by atoms with van der Waals surface area (Å²) >= 11 is 0. The van der Waals surface area contributed by atoms with Gasteiger partial charge in [-0.3, -0.25) is 9.59 Å². The second kappa shape index (κ2) is 6.75. The smallest absolute Gasteiger partial charge is 0.323 e. The molecule has 1 unspecified atom stereocenters. The average molecular weight is 364 g/mol. The van der Waals surface area contributed by atoms with Crippen molar-refractivity contribution in [3.63, 3.8) is 0 Å². The van der Waals surface area contributed by atoms with E-state index in [1.807, 2.05) is 31.2 Å². The maximum absolute atomic E-state index is 12.6. The van der Waals surface area contributed by atoms with Crippen molar-refractivity contribution in [2.24, 2.45) is 5.92 Å². The molecular weight excluding hydrogens is 344 g/mol. The van der Waals surface area contributed by atoms with E-state index in [1.165, 1.54) is 5.56 Å². The van der Waals surface area contributed by atoms with Crippen LogP contribution in [0.5, 0.6) is 0 Å². The maximum Gasteiger partial charge on any atom is 0.323 e. The van der Waals surface area contributed by atoms with Crippen molar-refractivity contribution in [3.8, 4) is 0 Å². The van der Waals surface area contributed by atoms with Gasteiger partial charge in [0.2, 0.25) is 11.8 Å². The third kappa shape index (κ3) is 3.62. The second-order valence-corrected chi connectivity index (χ2v) is 6.99. The molecule has 1 atom stereocenters. The Morgan fingerprint density at radius 1 is 1.11 bits per heavy atom. The molecule has 2 aromatic carbocycles. The van der Waals surface area contributed by atoms with Gasteiger partial charge in [0, 0.05) is 25.2 Å². The number of aromatic nitrogens is 2. The topological polar surface area (TPSA) is 98.1 Å². The molecule has 27 heavy (non-hydrogen) atoms. The van der Waals surface area contributed by atoms with E-state index in [2.05, 4.69) is 15.3 Å². The molecule has 1 aromatic heterocycles. The Kier molecular flexibility index (Phi) is 4.27. The lowest BCUT2D eigenvalue weighted by Crippen LogP contribution is -2.28. The largest absolute Gasteiger partial charge is 0.338 e. The predicted molar refractivity (Wildman–Crippen MR) is 102 cm³/mol. The highest BCUT2D eigenvalue weighted by Crippen LogP contribution is 2.23. The number of nitrogens with zero attached hydrogens (tertiary/aromatic N) is 1. The van der Waals surface area contributed by atoms with Crippen molar-refractivity contribution in [2.45, 2.75) is 19.9 Å². The molecule has 1 aliphatic rings. The molecule has 138 valence electrons. The van der Waals surface area contributed by atoms with Crippen LogP contribution >= 0.6 is 0 Å². The molecule has 3 N–H and O–H groups in total.